The molecule has 0 saturated carbocycles. The molecule has 110 valence electrons. The number of hydrogen-bond donors (Lipinski definition) is 1. The number of hydrogen-bond acceptors (Lipinski definition) is 5. The molecule has 1 aromatic carbocycles. The largest absolute Gasteiger partial charge is 0.389 e. The van der Waals surface area contributed by atoms with Gasteiger partial charge in [0.2, 0.25) is 0 Å². The Morgan fingerprint density at radius 3 is 2.95 bits per heavy atom. The van der Waals surface area contributed by atoms with Crippen LogP contribution in [-0.2, 0) is 13.2 Å². The molecule has 6 heteroatoms. The smallest absolute Gasteiger partial charge is 0.273 e. The summed E-state index contributed by atoms with van der Waals surface area (Å²) in [5.74, 6) is -0.0731. The fourth-order valence-corrected chi connectivity index (χ4v) is 3.14. The van der Waals surface area contributed by atoms with Crippen molar-refractivity contribution in [2.75, 3.05) is 25.0 Å². The van der Waals surface area contributed by atoms with Crippen LogP contribution in [0.15, 0.2) is 29.6 Å². The van der Waals surface area contributed by atoms with Gasteiger partial charge in [0, 0.05) is 37.7 Å². The van der Waals surface area contributed by atoms with Crippen molar-refractivity contribution in [1.29, 1.82) is 0 Å². The second-order valence-electron chi connectivity index (χ2n) is 5.06. The van der Waals surface area contributed by atoms with E-state index in [4.69, 9.17) is 5.11 Å². The summed E-state index contributed by atoms with van der Waals surface area (Å²) in [6, 6.07) is 8.14. The second kappa shape index (κ2) is 5.83. The summed E-state index contributed by atoms with van der Waals surface area (Å²) in [5, 5.41) is 11.4. The van der Waals surface area contributed by atoms with E-state index in [2.05, 4.69) is 22.0 Å². The van der Waals surface area contributed by atoms with E-state index in [-0.39, 0.29) is 12.5 Å². The van der Waals surface area contributed by atoms with Crippen LogP contribution in [0.2, 0.25) is 0 Å². The number of anilines is 1. The molecule has 1 amide bonds. The number of benzene rings is 1. The number of aromatic nitrogens is 1. The number of carbonyl (C=O) groups is 1. The van der Waals surface area contributed by atoms with Gasteiger partial charge in [0.05, 0.1) is 6.61 Å². The molecular weight excluding hydrogens is 286 g/mol. The van der Waals surface area contributed by atoms with Crippen LogP contribution in [0.3, 0.4) is 0 Å². The van der Waals surface area contributed by atoms with Crippen LogP contribution in [0.5, 0.6) is 0 Å². The van der Waals surface area contributed by atoms with Crippen molar-refractivity contribution in [2.45, 2.75) is 13.2 Å². The first-order valence-corrected chi connectivity index (χ1v) is 7.70. The first-order chi connectivity index (χ1) is 10.2. The summed E-state index contributed by atoms with van der Waals surface area (Å²) in [6.45, 7) is 1.92. The molecule has 0 unspecified atom stereocenters. The molecule has 1 N–H and O–H groups in total. The summed E-state index contributed by atoms with van der Waals surface area (Å²) in [4.78, 5) is 20.7. The lowest BCUT2D eigenvalue weighted by molar-refractivity contribution is 0.0746. The number of likely N-dealkylation sites (N-methyl/N-ethyl adjacent to an activating group) is 1. The fourth-order valence-electron chi connectivity index (χ4n) is 2.51. The predicted molar refractivity (Wildman–Crippen MR) is 82.5 cm³/mol. The van der Waals surface area contributed by atoms with Crippen LogP contribution in [0, 0.1) is 0 Å². The number of para-hydroxylation sites is 1. The van der Waals surface area contributed by atoms with Gasteiger partial charge in [0.1, 0.15) is 10.7 Å². The lowest BCUT2D eigenvalue weighted by Gasteiger charge is -2.20. The zero-order valence-corrected chi connectivity index (χ0v) is 12.6. The summed E-state index contributed by atoms with van der Waals surface area (Å²) < 4.78 is 0. The number of carbonyl (C=O) groups excluding carboxylic acids is 1. The van der Waals surface area contributed by atoms with Crippen LogP contribution in [0.25, 0.3) is 0 Å². The molecule has 0 aliphatic carbocycles. The van der Waals surface area contributed by atoms with E-state index in [9.17, 15) is 4.79 Å². The predicted octanol–water partition coefficient (Wildman–Crippen LogP) is 1.73. The minimum Gasteiger partial charge on any atom is -0.389 e. The Kier molecular flexibility index (Phi) is 3.90. The van der Waals surface area contributed by atoms with E-state index < -0.39 is 0 Å². The molecule has 0 fully saturated rings. The van der Waals surface area contributed by atoms with Gasteiger partial charge in [-0.15, -0.1) is 11.3 Å². The lowest BCUT2D eigenvalue weighted by Crippen LogP contribution is -2.34. The average Bonchev–Trinajstić information content (AvgIpc) is 2.93. The highest BCUT2D eigenvalue weighted by Gasteiger charge is 2.23. The molecule has 3 rings (SSSR count). The summed E-state index contributed by atoms with van der Waals surface area (Å²) in [5.41, 5.74) is 2.73. The highest BCUT2D eigenvalue weighted by Crippen LogP contribution is 2.24. The molecular formula is C15H17N3O2S. The molecule has 5 nitrogen and oxygen atoms in total. The topological polar surface area (TPSA) is 56.7 Å². The van der Waals surface area contributed by atoms with Crippen molar-refractivity contribution in [3.63, 3.8) is 0 Å². The Morgan fingerprint density at radius 1 is 1.38 bits per heavy atom. The number of fused-ring (bicyclic) bond motifs is 1. The molecule has 2 heterocycles. The molecule has 2 aromatic rings. The Morgan fingerprint density at radius 2 is 2.19 bits per heavy atom. The Labute approximate surface area is 127 Å². The van der Waals surface area contributed by atoms with Gasteiger partial charge < -0.3 is 14.9 Å². The summed E-state index contributed by atoms with van der Waals surface area (Å²) >= 11 is 1.31. The normalized spacial score (nSPS) is 14.8. The van der Waals surface area contributed by atoms with E-state index in [0.29, 0.717) is 23.8 Å². The van der Waals surface area contributed by atoms with Crippen LogP contribution >= 0.6 is 11.3 Å². The van der Waals surface area contributed by atoms with Crippen LogP contribution in [0.1, 0.15) is 21.1 Å². The van der Waals surface area contributed by atoms with Gasteiger partial charge in [0.15, 0.2) is 0 Å². The number of aliphatic hydroxyl groups is 1. The van der Waals surface area contributed by atoms with Gasteiger partial charge in [-0.25, -0.2) is 4.98 Å². The minimum absolute atomic E-state index is 0.0731. The number of aliphatic hydroxyl groups excluding tert-OH is 1. The molecule has 0 atom stereocenters. The van der Waals surface area contributed by atoms with Crippen molar-refractivity contribution in [2.24, 2.45) is 0 Å². The molecule has 0 bridgehead atoms. The van der Waals surface area contributed by atoms with E-state index in [1.54, 1.807) is 5.38 Å². The molecule has 1 aromatic heterocycles. The molecule has 1 aliphatic rings. The number of amides is 1. The maximum Gasteiger partial charge on any atom is 0.273 e. The van der Waals surface area contributed by atoms with Crippen LogP contribution in [0.4, 0.5) is 5.69 Å². The zero-order valence-electron chi connectivity index (χ0n) is 11.8. The molecule has 0 saturated heterocycles. The summed E-state index contributed by atoms with van der Waals surface area (Å²) in [7, 11) is 2.04. The first-order valence-electron chi connectivity index (χ1n) is 6.82. The van der Waals surface area contributed by atoms with Gasteiger partial charge in [-0.2, -0.15) is 0 Å². The molecule has 21 heavy (non-hydrogen) atoms. The monoisotopic (exact) mass is 303 g/mol. The van der Waals surface area contributed by atoms with Gasteiger partial charge in [-0.05, 0) is 11.6 Å². The first kappa shape index (κ1) is 14.0. The summed E-state index contributed by atoms with van der Waals surface area (Å²) in [6.07, 6.45) is 0. The Balaban J connectivity index is 1.85. The zero-order chi connectivity index (χ0) is 14.8. The molecule has 1 aliphatic heterocycles. The number of rotatable bonds is 2. The van der Waals surface area contributed by atoms with Gasteiger partial charge in [-0.1, -0.05) is 18.2 Å². The number of thiazole rings is 1. The van der Waals surface area contributed by atoms with E-state index >= 15 is 0 Å². The Bertz CT molecular complexity index is 656. The van der Waals surface area contributed by atoms with Gasteiger partial charge in [-0.3, -0.25) is 4.79 Å². The molecule has 0 spiro atoms. The van der Waals surface area contributed by atoms with Gasteiger partial charge in [0.25, 0.3) is 5.91 Å². The Hall–Kier alpha value is -1.92. The maximum absolute atomic E-state index is 12.6. The standard InChI is InChI=1S/C15H17N3O2S/c1-17-6-7-18(8-11-4-2-3-5-13(11)17)15(20)12-10-21-14(9-19)16-12/h2-5,10,19H,6-9H2,1H3. The highest BCUT2D eigenvalue weighted by atomic mass is 32.1. The third kappa shape index (κ3) is 2.77. The third-order valence-electron chi connectivity index (χ3n) is 3.66. The fraction of sp³-hybridized carbons (Fsp3) is 0.333. The SMILES string of the molecule is CN1CCN(C(=O)c2csc(CO)n2)Cc2ccccc21. The minimum atomic E-state index is -0.122. The van der Waals surface area contributed by atoms with E-state index in [1.165, 1.54) is 17.0 Å². The van der Waals surface area contributed by atoms with Crippen molar-refractivity contribution >= 4 is 22.9 Å². The van der Waals surface area contributed by atoms with Gasteiger partial charge >= 0.3 is 0 Å². The quantitative estimate of drug-likeness (QED) is 0.918. The van der Waals surface area contributed by atoms with Crippen molar-refractivity contribution < 1.29 is 9.90 Å². The second-order valence-corrected chi connectivity index (χ2v) is 6.00. The lowest BCUT2D eigenvalue weighted by atomic mass is 10.1. The third-order valence-corrected chi connectivity index (χ3v) is 4.50. The van der Waals surface area contributed by atoms with Crippen molar-refractivity contribution in [1.82, 2.24) is 9.88 Å². The maximum atomic E-state index is 12.6. The van der Waals surface area contributed by atoms with Crippen LogP contribution in [-0.4, -0.2) is 41.0 Å². The van der Waals surface area contributed by atoms with E-state index in [0.717, 1.165) is 12.1 Å². The number of nitrogens with zero attached hydrogens (tertiary/aromatic N) is 3. The van der Waals surface area contributed by atoms with Crippen molar-refractivity contribution in [3.8, 4) is 0 Å². The molecule has 0 radical (unpaired) electrons. The average molecular weight is 303 g/mol. The van der Waals surface area contributed by atoms with Crippen molar-refractivity contribution in [3.05, 3.63) is 45.9 Å². The van der Waals surface area contributed by atoms with Crippen LogP contribution < -0.4 is 4.90 Å². The highest BCUT2D eigenvalue weighted by molar-refractivity contribution is 7.09. The van der Waals surface area contributed by atoms with E-state index in [1.807, 2.05) is 24.1 Å².